The van der Waals surface area contributed by atoms with Crippen LogP contribution in [0.1, 0.15) is 12.0 Å². The molecule has 0 unspecified atom stereocenters. The largest absolute Gasteiger partial charge is 0.326 e. The van der Waals surface area contributed by atoms with E-state index in [4.69, 9.17) is 11.6 Å². The lowest BCUT2D eigenvalue weighted by atomic mass is 10.2. The van der Waals surface area contributed by atoms with Gasteiger partial charge in [0.05, 0.1) is 11.1 Å². The molecule has 2 N–H and O–H groups in total. The topological polar surface area (TPSA) is 126 Å². The molecule has 9 nitrogen and oxygen atoms in total. The van der Waals surface area contributed by atoms with Crippen LogP contribution in [0.3, 0.4) is 0 Å². The molecule has 1 saturated heterocycles. The lowest BCUT2D eigenvalue weighted by Gasteiger charge is -2.07. The summed E-state index contributed by atoms with van der Waals surface area (Å²) in [6, 6.07) is 12.4. The van der Waals surface area contributed by atoms with Gasteiger partial charge in [0.15, 0.2) is 5.17 Å². The molecule has 0 bridgehead atoms. The highest BCUT2D eigenvalue weighted by Crippen LogP contribution is 2.23. The normalized spacial score (nSPS) is 17.5. The first-order valence-corrected chi connectivity index (χ1v) is 9.55. The van der Waals surface area contributed by atoms with Gasteiger partial charge >= 0.3 is 0 Å². The number of carbonyl (C=O) groups excluding carboxylic acids is 2. The molecule has 2 aromatic rings. The number of carbonyl (C=O) groups is 2. The molecule has 2 amide bonds. The Balaban J connectivity index is 1.53. The summed E-state index contributed by atoms with van der Waals surface area (Å²) < 4.78 is 0. The van der Waals surface area contributed by atoms with Crippen LogP contribution in [0.2, 0.25) is 5.02 Å². The van der Waals surface area contributed by atoms with E-state index in [0.29, 0.717) is 15.9 Å². The van der Waals surface area contributed by atoms with E-state index >= 15 is 0 Å². The van der Waals surface area contributed by atoms with Gasteiger partial charge in [-0.15, -0.1) is 5.10 Å². The average molecular weight is 432 g/mol. The number of hydrogen-bond acceptors (Lipinski definition) is 7. The molecular formula is C18H14ClN5O4S. The number of amides is 2. The highest BCUT2D eigenvalue weighted by Gasteiger charge is 2.32. The number of rotatable bonds is 6. The highest BCUT2D eigenvalue weighted by atomic mass is 35.5. The van der Waals surface area contributed by atoms with Crippen LogP contribution in [0.4, 0.5) is 11.4 Å². The third kappa shape index (κ3) is 5.87. The second-order valence-electron chi connectivity index (χ2n) is 5.85. The van der Waals surface area contributed by atoms with E-state index in [-0.39, 0.29) is 18.0 Å². The van der Waals surface area contributed by atoms with Crippen molar-refractivity contribution in [2.24, 2.45) is 10.2 Å². The summed E-state index contributed by atoms with van der Waals surface area (Å²) in [5.41, 5.74) is 1.13. The smallest absolute Gasteiger partial charge is 0.269 e. The van der Waals surface area contributed by atoms with Gasteiger partial charge in [0.1, 0.15) is 5.25 Å². The molecular weight excluding hydrogens is 418 g/mol. The summed E-state index contributed by atoms with van der Waals surface area (Å²) in [7, 11) is 0. The number of nitrogens with one attached hydrogen (secondary N) is 2. The molecule has 0 aliphatic carbocycles. The number of hydrogen-bond donors (Lipinski definition) is 2. The molecule has 1 heterocycles. The first-order chi connectivity index (χ1) is 13.9. The molecule has 1 atom stereocenters. The number of halogens is 1. The molecule has 0 spiro atoms. The van der Waals surface area contributed by atoms with Gasteiger partial charge in [0.2, 0.25) is 11.8 Å². The predicted octanol–water partition coefficient (Wildman–Crippen LogP) is 3.20. The van der Waals surface area contributed by atoms with Gasteiger partial charge in [-0.05, 0) is 29.8 Å². The minimum absolute atomic E-state index is 0.0752. The summed E-state index contributed by atoms with van der Waals surface area (Å²) in [4.78, 5) is 34.3. The maximum Gasteiger partial charge on any atom is 0.269 e. The van der Waals surface area contributed by atoms with Gasteiger partial charge in [-0.1, -0.05) is 35.5 Å². The number of thioether (sulfide) groups is 1. The summed E-state index contributed by atoms with van der Waals surface area (Å²) in [6.07, 6.45) is 1.44. The van der Waals surface area contributed by atoms with Crippen molar-refractivity contribution in [3.05, 3.63) is 69.2 Å². The van der Waals surface area contributed by atoms with Crippen LogP contribution in [0, 0.1) is 10.1 Å². The summed E-state index contributed by atoms with van der Waals surface area (Å²) >= 11 is 6.92. The molecule has 11 heteroatoms. The summed E-state index contributed by atoms with van der Waals surface area (Å²) in [5.74, 6) is -0.730. The van der Waals surface area contributed by atoms with Crippen molar-refractivity contribution in [2.75, 3.05) is 5.32 Å². The van der Waals surface area contributed by atoms with Crippen LogP contribution in [-0.4, -0.2) is 33.4 Å². The van der Waals surface area contributed by atoms with Crippen molar-refractivity contribution in [3.8, 4) is 0 Å². The van der Waals surface area contributed by atoms with Crippen molar-refractivity contribution in [3.63, 3.8) is 0 Å². The maximum atomic E-state index is 12.1. The van der Waals surface area contributed by atoms with Crippen molar-refractivity contribution < 1.29 is 14.5 Å². The quantitative estimate of drug-likeness (QED) is 0.412. The number of benzene rings is 2. The zero-order valence-electron chi connectivity index (χ0n) is 14.7. The Kier molecular flexibility index (Phi) is 6.57. The number of nitro benzene ring substituents is 1. The third-order valence-electron chi connectivity index (χ3n) is 3.73. The number of anilines is 1. The molecule has 3 rings (SSSR count). The fourth-order valence-corrected chi connectivity index (χ4v) is 3.38. The zero-order valence-corrected chi connectivity index (χ0v) is 16.3. The second-order valence-corrected chi connectivity index (χ2v) is 7.48. The van der Waals surface area contributed by atoms with E-state index in [1.165, 1.54) is 30.5 Å². The Bertz CT molecular complexity index is 992. The molecule has 0 aromatic heterocycles. The second kappa shape index (κ2) is 9.30. The monoisotopic (exact) mass is 431 g/mol. The van der Waals surface area contributed by atoms with E-state index < -0.39 is 16.1 Å². The zero-order chi connectivity index (χ0) is 20.8. The fourth-order valence-electron chi connectivity index (χ4n) is 2.33. The van der Waals surface area contributed by atoms with Crippen LogP contribution >= 0.6 is 23.4 Å². The number of nitrogens with zero attached hydrogens (tertiary/aromatic N) is 3. The van der Waals surface area contributed by atoms with Crippen molar-refractivity contribution >= 4 is 57.9 Å². The van der Waals surface area contributed by atoms with Gasteiger partial charge in [0.25, 0.3) is 5.69 Å². The van der Waals surface area contributed by atoms with E-state index in [0.717, 1.165) is 17.3 Å². The molecule has 0 saturated carbocycles. The van der Waals surface area contributed by atoms with E-state index in [1.807, 2.05) is 0 Å². The van der Waals surface area contributed by atoms with E-state index in [1.54, 1.807) is 24.3 Å². The van der Waals surface area contributed by atoms with E-state index in [9.17, 15) is 19.7 Å². The van der Waals surface area contributed by atoms with Gasteiger partial charge in [0, 0.05) is 29.3 Å². The van der Waals surface area contributed by atoms with Crippen LogP contribution < -0.4 is 10.6 Å². The Morgan fingerprint density at radius 2 is 1.93 bits per heavy atom. The standard InChI is InChI=1S/C18H14ClN5O4S/c19-12-3-1-11(2-4-12)10-20-23-18-22-17(26)15(29-18)9-16(25)21-13-5-7-14(8-6-13)24(27)28/h1-8,10,15H,9H2,(H,21,25)(H,22,23,26)/b20-10-/t15-/m1/s1. The van der Waals surface area contributed by atoms with Crippen LogP contribution in [0.25, 0.3) is 0 Å². The van der Waals surface area contributed by atoms with Crippen LogP contribution in [0.15, 0.2) is 58.7 Å². The highest BCUT2D eigenvalue weighted by molar-refractivity contribution is 8.15. The lowest BCUT2D eigenvalue weighted by molar-refractivity contribution is -0.384. The third-order valence-corrected chi connectivity index (χ3v) is 5.06. The molecule has 1 fully saturated rings. The SMILES string of the molecule is O=C(C[C@H]1S/C(=N\N=C/c2ccc(Cl)cc2)NC1=O)Nc1ccc([N+](=O)[O-])cc1. The molecule has 148 valence electrons. The predicted molar refractivity (Wildman–Crippen MR) is 112 cm³/mol. The Morgan fingerprint density at radius 3 is 2.59 bits per heavy atom. The molecule has 1 aliphatic heterocycles. The number of nitro groups is 1. The molecule has 1 aliphatic rings. The van der Waals surface area contributed by atoms with Crippen LogP contribution in [-0.2, 0) is 9.59 Å². The lowest BCUT2D eigenvalue weighted by Crippen LogP contribution is -2.28. The first kappa shape index (κ1) is 20.5. The fraction of sp³-hybridized carbons (Fsp3) is 0.111. The summed E-state index contributed by atoms with van der Waals surface area (Å²) in [5, 5.41) is 24.0. The Hall–Kier alpha value is -3.24. The molecule has 29 heavy (non-hydrogen) atoms. The van der Waals surface area contributed by atoms with E-state index in [2.05, 4.69) is 20.8 Å². The van der Waals surface area contributed by atoms with Crippen LogP contribution in [0.5, 0.6) is 0 Å². The summed E-state index contributed by atoms with van der Waals surface area (Å²) in [6.45, 7) is 0. The van der Waals surface area contributed by atoms with Crippen molar-refractivity contribution in [2.45, 2.75) is 11.7 Å². The number of amidine groups is 1. The van der Waals surface area contributed by atoms with Gasteiger partial charge < -0.3 is 10.6 Å². The number of non-ortho nitro benzene ring substituents is 1. The minimum Gasteiger partial charge on any atom is -0.326 e. The average Bonchev–Trinajstić information content (AvgIpc) is 3.03. The van der Waals surface area contributed by atoms with Crippen molar-refractivity contribution in [1.29, 1.82) is 0 Å². The Labute approximate surface area is 174 Å². The molecule has 2 aromatic carbocycles. The first-order valence-electron chi connectivity index (χ1n) is 8.29. The Morgan fingerprint density at radius 1 is 1.24 bits per heavy atom. The van der Waals surface area contributed by atoms with Gasteiger partial charge in [-0.25, -0.2) is 0 Å². The van der Waals surface area contributed by atoms with Gasteiger partial charge in [-0.3, -0.25) is 19.7 Å². The molecule has 0 radical (unpaired) electrons. The van der Waals surface area contributed by atoms with Gasteiger partial charge in [-0.2, -0.15) is 5.10 Å². The van der Waals surface area contributed by atoms with Crippen molar-refractivity contribution in [1.82, 2.24) is 5.32 Å². The minimum atomic E-state index is -0.641. The maximum absolute atomic E-state index is 12.1.